The van der Waals surface area contributed by atoms with Crippen LogP contribution in [0.1, 0.15) is 77.4 Å². The van der Waals surface area contributed by atoms with Gasteiger partial charge in [0.25, 0.3) is 0 Å². The Morgan fingerprint density at radius 2 is 1.70 bits per heavy atom. The smallest absolute Gasteiger partial charge is 0.340 e. The van der Waals surface area contributed by atoms with Crippen LogP contribution in [-0.2, 0) is 17.6 Å². The first kappa shape index (κ1) is 19.0. The standard InChI is InChI=1S/C18H26O5/c1-5-8-9-10-13-12(6-2)11(4)14(18(22)23-7-3)15(16(13)19)17(20)21/h19H,5-10H2,1-4H3,(H,20,21). The van der Waals surface area contributed by atoms with Gasteiger partial charge in [-0.25, -0.2) is 9.59 Å². The third-order valence-electron chi connectivity index (χ3n) is 4.04. The van der Waals surface area contributed by atoms with Gasteiger partial charge in [-0.1, -0.05) is 26.7 Å². The second-order valence-electron chi connectivity index (χ2n) is 5.52. The second-order valence-corrected chi connectivity index (χ2v) is 5.52. The highest BCUT2D eigenvalue weighted by Crippen LogP contribution is 2.35. The summed E-state index contributed by atoms with van der Waals surface area (Å²) in [6, 6.07) is 0. The molecule has 0 aromatic heterocycles. The van der Waals surface area contributed by atoms with Crippen molar-refractivity contribution < 1.29 is 24.5 Å². The Balaban J connectivity index is 3.57. The lowest BCUT2D eigenvalue weighted by Crippen LogP contribution is -2.17. The van der Waals surface area contributed by atoms with Crippen molar-refractivity contribution in [2.75, 3.05) is 6.61 Å². The van der Waals surface area contributed by atoms with Crippen LogP contribution in [0.5, 0.6) is 5.75 Å². The monoisotopic (exact) mass is 322 g/mol. The average molecular weight is 322 g/mol. The number of hydrogen-bond acceptors (Lipinski definition) is 4. The number of benzene rings is 1. The molecule has 0 amide bonds. The van der Waals surface area contributed by atoms with E-state index in [0.29, 0.717) is 24.0 Å². The number of hydrogen-bond donors (Lipinski definition) is 2. The maximum Gasteiger partial charge on any atom is 0.340 e. The fourth-order valence-electron chi connectivity index (χ4n) is 2.94. The largest absolute Gasteiger partial charge is 0.507 e. The van der Waals surface area contributed by atoms with Gasteiger partial charge in [0.15, 0.2) is 0 Å². The van der Waals surface area contributed by atoms with Crippen LogP contribution in [0.3, 0.4) is 0 Å². The van der Waals surface area contributed by atoms with Crippen molar-refractivity contribution in [2.45, 2.75) is 59.8 Å². The van der Waals surface area contributed by atoms with E-state index >= 15 is 0 Å². The summed E-state index contributed by atoms with van der Waals surface area (Å²) < 4.78 is 4.98. The van der Waals surface area contributed by atoms with Crippen LogP contribution in [0.15, 0.2) is 0 Å². The van der Waals surface area contributed by atoms with Crippen LogP contribution in [0.4, 0.5) is 0 Å². The Labute approximate surface area is 137 Å². The third-order valence-corrected chi connectivity index (χ3v) is 4.04. The predicted molar refractivity (Wildman–Crippen MR) is 88.4 cm³/mol. The van der Waals surface area contributed by atoms with Gasteiger partial charge in [-0.3, -0.25) is 0 Å². The summed E-state index contributed by atoms with van der Waals surface area (Å²) in [5.41, 5.74) is 1.70. The van der Waals surface area contributed by atoms with Crippen molar-refractivity contribution in [3.63, 3.8) is 0 Å². The summed E-state index contributed by atoms with van der Waals surface area (Å²) in [7, 11) is 0. The maximum atomic E-state index is 12.2. The van der Waals surface area contributed by atoms with E-state index in [-0.39, 0.29) is 23.5 Å². The van der Waals surface area contributed by atoms with Crippen molar-refractivity contribution in [3.05, 3.63) is 27.8 Å². The van der Waals surface area contributed by atoms with Gasteiger partial charge in [-0.2, -0.15) is 0 Å². The summed E-state index contributed by atoms with van der Waals surface area (Å²) in [4.78, 5) is 23.8. The first-order valence-corrected chi connectivity index (χ1v) is 8.18. The van der Waals surface area contributed by atoms with E-state index in [4.69, 9.17) is 4.74 Å². The van der Waals surface area contributed by atoms with Gasteiger partial charge in [-0.15, -0.1) is 0 Å². The lowest BCUT2D eigenvalue weighted by atomic mass is 9.87. The molecule has 0 aliphatic heterocycles. The molecule has 23 heavy (non-hydrogen) atoms. The summed E-state index contributed by atoms with van der Waals surface area (Å²) >= 11 is 0. The number of ether oxygens (including phenoxy) is 1. The van der Waals surface area contributed by atoms with E-state index in [1.54, 1.807) is 13.8 Å². The Kier molecular flexibility index (Phi) is 7.07. The molecule has 0 atom stereocenters. The number of aromatic carboxylic acids is 1. The number of carboxylic acid groups (broad SMARTS) is 1. The van der Waals surface area contributed by atoms with Gasteiger partial charge in [0.05, 0.1) is 12.2 Å². The normalized spacial score (nSPS) is 10.6. The topological polar surface area (TPSA) is 83.8 Å². The van der Waals surface area contributed by atoms with Crippen LogP contribution in [-0.4, -0.2) is 28.8 Å². The molecule has 0 unspecified atom stereocenters. The highest BCUT2D eigenvalue weighted by molar-refractivity contribution is 6.06. The maximum absolute atomic E-state index is 12.2. The van der Waals surface area contributed by atoms with Gasteiger partial charge in [0, 0.05) is 0 Å². The molecule has 5 heteroatoms. The fraction of sp³-hybridized carbons (Fsp3) is 0.556. The van der Waals surface area contributed by atoms with Gasteiger partial charge in [0.2, 0.25) is 0 Å². The van der Waals surface area contributed by atoms with E-state index in [1.807, 2.05) is 6.92 Å². The summed E-state index contributed by atoms with van der Waals surface area (Å²) in [6.07, 6.45) is 4.13. The third kappa shape index (κ3) is 4.03. The minimum Gasteiger partial charge on any atom is -0.507 e. The summed E-state index contributed by atoms with van der Waals surface area (Å²) in [5, 5.41) is 20.0. The van der Waals surface area contributed by atoms with Crippen LogP contribution in [0.25, 0.3) is 0 Å². The van der Waals surface area contributed by atoms with Crippen molar-refractivity contribution >= 4 is 11.9 Å². The first-order valence-electron chi connectivity index (χ1n) is 8.18. The van der Waals surface area contributed by atoms with E-state index in [9.17, 15) is 19.8 Å². The zero-order chi connectivity index (χ0) is 17.6. The van der Waals surface area contributed by atoms with Crippen molar-refractivity contribution in [1.29, 1.82) is 0 Å². The Morgan fingerprint density at radius 1 is 1.04 bits per heavy atom. The molecule has 0 radical (unpaired) electrons. The number of aromatic hydroxyl groups is 1. The van der Waals surface area contributed by atoms with Gasteiger partial charge in [-0.05, 0) is 49.8 Å². The first-order chi connectivity index (χ1) is 10.9. The molecular formula is C18H26O5. The van der Waals surface area contributed by atoms with Crippen molar-refractivity contribution in [3.8, 4) is 5.75 Å². The van der Waals surface area contributed by atoms with E-state index in [1.165, 1.54) is 0 Å². The zero-order valence-corrected chi connectivity index (χ0v) is 14.4. The minimum atomic E-state index is -1.31. The number of rotatable bonds is 8. The highest BCUT2D eigenvalue weighted by Gasteiger charge is 2.29. The molecule has 128 valence electrons. The summed E-state index contributed by atoms with van der Waals surface area (Å²) in [5.74, 6) is -2.31. The van der Waals surface area contributed by atoms with Crippen molar-refractivity contribution in [2.24, 2.45) is 0 Å². The molecule has 0 bridgehead atoms. The van der Waals surface area contributed by atoms with Crippen LogP contribution >= 0.6 is 0 Å². The van der Waals surface area contributed by atoms with Crippen molar-refractivity contribution in [1.82, 2.24) is 0 Å². The molecule has 0 fully saturated rings. The Morgan fingerprint density at radius 3 is 2.17 bits per heavy atom. The Bertz CT molecular complexity index is 590. The number of carboxylic acids is 1. The molecule has 1 rings (SSSR count). The van der Waals surface area contributed by atoms with E-state index < -0.39 is 11.9 Å². The molecule has 0 heterocycles. The molecule has 1 aromatic rings. The number of esters is 1. The molecule has 0 saturated carbocycles. The number of phenols is 1. The predicted octanol–water partition coefficient (Wildman–Crippen LogP) is 3.87. The lowest BCUT2D eigenvalue weighted by molar-refractivity contribution is 0.0512. The quantitative estimate of drug-likeness (QED) is 0.560. The average Bonchev–Trinajstić information content (AvgIpc) is 2.49. The van der Waals surface area contributed by atoms with Gasteiger partial charge < -0.3 is 14.9 Å². The van der Waals surface area contributed by atoms with Crippen LogP contribution in [0.2, 0.25) is 0 Å². The molecule has 2 N–H and O–H groups in total. The molecular weight excluding hydrogens is 296 g/mol. The van der Waals surface area contributed by atoms with Gasteiger partial charge in [0.1, 0.15) is 11.3 Å². The molecule has 5 nitrogen and oxygen atoms in total. The van der Waals surface area contributed by atoms with Crippen LogP contribution in [0, 0.1) is 6.92 Å². The Hall–Kier alpha value is -2.04. The van der Waals surface area contributed by atoms with E-state index in [0.717, 1.165) is 24.8 Å². The molecule has 0 saturated heterocycles. The fourth-order valence-corrected chi connectivity index (χ4v) is 2.94. The zero-order valence-electron chi connectivity index (χ0n) is 14.4. The SMILES string of the molecule is CCCCCc1c(O)c(C(=O)O)c(C(=O)OCC)c(C)c1CC. The molecule has 0 aliphatic rings. The number of carbonyl (C=O) groups is 2. The minimum absolute atomic E-state index is 0.0343. The highest BCUT2D eigenvalue weighted by atomic mass is 16.5. The number of carbonyl (C=O) groups excluding carboxylic acids is 1. The second kappa shape index (κ2) is 8.56. The molecule has 0 aliphatic carbocycles. The molecule has 1 aromatic carbocycles. The van der Waals surface area contributed by atoms with Crippen LogP contribution < -0.4 is 0 Å². The summed E-state index contributed by atoms with van der Waals surface area (Å²) in [6.45, 7) is 7.55. The number of unbranched alkanes of at least 4 members (excludes halogenated alkanes) is 2. The van der Waals surface area contributed by atoms with E-state index in [2.05, 4.69) is 6.92 Å². The lowest BCUT2D eigenvalue weighted by Gasteiger charge is -2.19. The molecule has 0 spiro atoms. The van der Waals surface area contributed by atoms with Gasteiger partial charge >= 0.3 is 11.9 Å².